The highest BCUT2D eigenvalue weighted by Crippen LogP contribution is 2.45. The van der Waals surface area contributed by atoms with Crippen LogP contribution in [0, 0.1) is 23.7 Å². The smallest absolute Gasteiger partial charge is 0.462 e. The topological polar surface area (TPSA) is 237 Å². The molecular formula is C78H152O17P2. The van der Waals surface area contributed by atoms with E-state index >= 15 is 0 Å². The average molecular weight is 1420 g/mol. The zero-order chi connectivity index (χ0) is 71.7. The summed E-state index contributed by atoms with van der Waals surface area (Å²) < 4.78 is 68.5. The summed E-state index contributed by atoms with van der Waals surface area (Å²) in [4.78, 5) is 72.8. The van der Waals surface area contributed by atoms with E-state index in [1.165, 1.54) is 193 Å². The number of aliphatic hydroxyl groups is 1. The molecule has 7 atom stereocenters. The molecule has 0 fully saturated rings. The summed E-state index contributed by atoms with van der Waals surface area (Å²) in [6.07, 6.45) is 53.1. The van der Waals surface area contributed by atoms with Gasteiger partial charge in [-0.1, -0.05) is 344 Å². The first kappa shape index (κ1) is 95.1. The lowest BCUT2D eigenvalue weighted by Crippen LogP contribution is -2.30. The van der Waals surface area contributed by atoms with E-state index in [0.717, 1.165) is 114 Å². The third-order valence-electron chi connectivity index (χ3n) is 18.8. The number of hydrogen-bond donors (Lipinski definition) is 3. The van der Waals surface area contributed by atoms with Crippen molar-refractivity contribution < 1.29 is 80.2 Å². The molecule has 0 aliphatic carbocycles. The van der Waals surface area contributed by atoms with Crippen molar-refractivity contribution in [1.82, 2.24) is 0 Å². The number of aliphatic hydroxyl groups excluding tert-OH is 1. The predicted octanol–water partition coefficient (Wildman–Crippen LogP) is 22.8. The number of unbranched alkanes of at least 4 members (excludes halogenated alkanes) is 39. The minimum absolute atomic E-state index is 0.103. The fraction of sp³-hybridized carbons (Fsp3) is 0.949. The van der Waals surface area contributed by atoms with E-state index in [0.29, 0.717) is 31.6 Å². The lowest BCUT2D eigenvalue weighted by atomic mass is 9.99. The molecule has 0 heterocycles. The molecule has 3 N–H and O–H groups in total. The van der Waals surface area contributed by atoms with E-state index in [1.807, 2.05) is 0 Å². The maximum atomic E-state index is 13.1. The molecule has 0 aromatic carbocycles. The largest absolute Gasteiger partial charge is 0.472 e. The molecule has 0 saturated carbocycles. The molecular weight excluding hydrogens is 1270 g/mol. The molecule has 576 valence electrons. The van der Waals surface area contributed by atoms with Crippen LogP contribution in [0.15, 0.2) is 0 Å². The molecule has 0 bridgehead atoms. The molecule has 0 spiro atoms. The van der Waals surface area contributed by atoms with Crippen molar-refractivity contribution in [1.29, 1.82) is 0 Å². The molecule has 17 nitrogen and oxygen atoms in total. The Balaban J connectivity index is 5.12. The van der Waals surface area contributed by atoms with Crippen molar-refractivity contribution in [2.75, 3.05) is 39.6 Å². The van der Waals surface area contributed by atoms with Crippen LogP contribution in [0.5, 0.6) is 0 Å². The number of ether oxygens (including phenoxy) is 4. The molecule has 0 aliphatic heterocycles. The number of phosphoric ester groups is 2. The maximum Gasteiger partial charge on any atom is 0.472 e. The van der Waals surface area contributed by atoms with Gasteiger partial charge in [0.2, 0.25) is 0 Å². The Morgan fingerprint density at radius 1 is 0.289 bits per heavy atom. The number of esters is 4. The SMILES string of the molecule is CCC(C)CCCCCCCCCCCCCCCCCCCCC(=O)OC[C@H](COP(=O)(O)OC[C@@H](O)COP(=O)(O)OC[C@@H](COC(=O)CCCCCCCCC(C)C)OC(=O)CCCCCCCCCCCCCCCC(C)C)OC(=O)CCCCCCCCC(C)CC. The quantitative estimate of drug-likeness (QED) is 0.0222. The normalized spacial score (nSPS) is 14.6. The first-order valence-corrected chi connectivity index (χ1v) is 43.3. The fourth-order valence-corrected chi connectivity index (χ4v) is 13.4. The van der Waals surface area contributed by atoms with Crippen LogP contribution < -0.4 is 0 Å². The van der Waals surface area contributed by atoms with Crippen molar-refractivity contribution in [2.45, 2.75) is 414 Å². The number of carbonyl (C=O) groups is 4. The third-order valence-corrected chi connectivity index (χ3v) is 20.7. The maximum absolute atomic E-state index is 13.1. The molecule has 0 radical (unpaired) electrons. The summed E-state index contributed by atoms with van der Waals surface area (Å²) in [6, 6.07) is 0. The summed E-state index contributed by atoms with van der Waals surface area (Å²) in [5.74, 6) is 0.935. The first-order chi connectivity index (χ1) is 46.7. The number of carbonyl (C=O) groups excluding carboxylic acids is 4. The van der Waals surface area contributed by atoms with E-state index in [1.54, 1.807) is 0 Å². The number of phosphoric acid groups is 2. The van der Waals surface area contributed by atoms with Gasteiger partial charge in [0.15, 0.2) is 12.2 Å². The fourth-order valence-electron chi connectivity index (χ4n) is 11.8. The lowest BCUT2D eigenvalue weighted by molar-refractivity contribution is -0.161. The van der Waals surface area contributed by atoms with Gasteiger partial charge in [-0.3, -0.25) is 37.3 Å². The lowest BCUT2D eigenvalue weighted by Gasteiger charge is -2.21. The van der Waals surface area contributed by atoms with E-state index in [2.05, 4.69) is 55.4 Å². The van der Waals surface area contributed by atoms with Crippen LogP contribution in [0.1, 0.15) is 396 Å². The Bertz CT molecular complexity index is 1910. The van der Waals surface area contributed by atoms with Crippen molar-refractivity contribution in [2.24, 2.45) is 23.7 Å². The molecule has 4 unspecified atom stereocenters. The summed E-state index contributed by atoms with van der Waals surface area (Å²) in [7, 11) is -9.91. The van der Waals surface area contributed by atoms with Gasteiger partial charge < -0.3 is 33.8 Å². The highest BCUT2D eigenvalue weighted by Gasteiger charge is 2.30. The summed E-state index contributed by atoms with van der Waals surface area (Å²) in [5.41, 5.74) is 0. The molecule has 19 heteroatoms. The van der Waals surface area contributed by atoms with E-state index < -0.39 is 97.5 Å². The Kier molecular flexibility index (Phi) is 65.9. The standard InChI is InChI=1S/C78H152O17P2/c1-9-70(7)56-48-40-31-27-23-19-15-13-11-12-14-16-20-24-28-32-42-50-58-75(80)88-64-74(95-78(83)61-53-45-37-35-41-49-57-71(8)10-2)67-93-97(86,87)91-63-72(79)62-90-96(84,85)92-66-73(65-89-76(81)59-51-43-36-34-39-47-55-69(5)6)94-77(82)60-52-44-33-29-25-21-17-18-22-26-30-38-46-54-68(3)4/h68-74,79H,9-67H2,1-8H3,(H,84,85)(H,86,87)/t70?,71?,72-,73+,74+/m0/s1. The second-order valence-electron chi connectivity index (χ2n) is 29.5. The van der Waals surface area contributed by atoms with Crippen LogP contribution >= 0.6 is 15.6 Å². The number of rotatable bonds is 75. The molecule has 97 heavy (non-hydrogen) atoms. The molecule has 0 aromatic rings. The number of hydrogen-bond acceptors (Lipinski definition) is 15. The van der Waals surface area contributed by atoms with Crippen LogP contribution in [0.4, 0.5) is 0 Å². The van der Waals surface area contributed by atoms with Gasteiger partial charge in [0, 0.05) is 25.7 Å². The van der Waals surface area contributed by atoms with Crippen LogP contribution in [0.2, 0.25) is 0 Å². The molecule has 0 aromatic heterocycles. The molecule has 0 aliphatic rings. The average Bonchev–Trinajstić information content (AvgIpc) is 1.55. The van der Waals surface area contributed by atoms with Crippen molar-refractivity contribution in [3.8, 4) is 0 Å². The summed E-state index contributed by atoms with van der Waals surface area (Å²) >= 11 is 0. The van der Waals surface area contributed by atoms with Gasteiger partial charge in [-0.15, -0.1) is 0 Å². The zero-order valence-electron chi connectivity index (χ0n) is 63.7. The molecule has 0 saturated heterocycles. The van der Waals surface area contributed by atoms with Crippen LogP contribution in [-0.4, -0.2) is 96.7 Å². The van der Waals surface area contributed by atoms with Crippen LogP contribution in [-0.2, 0) is 65.4 Å². The minimum atomic E-state index is -4.96. The third kappa shape index (κ3) is 69.5. The Morgan fingerprint density at radius 3 is 0.732 bits per heavy atom. The summed E-state index contributed by atoms with van der Waals surface area (Å²) in [5, 5.41) is 10.6. The van der Waals surface area contributed by atoms with Crippen LogP contribution in [0.25, 0.3) is 0 Å². The van der Waals surface area contributed by atoms with E-state index in [9.17, 15) is 43.2 Å². The van der Waals surface area contributed by atoms with Crippen LogP contribution in [0.3, 0.4) is 0 Å². The highest BCUT2D eigenvalue weighted by atomic mass is 31.2. The van der Waals surface area contributed by atoms with Gasteiger partial charge in [-0.2, -0.15) is 0 Å². The Hall–Kier alpha value is -1.94. The summed E-state index contributed by atoms with van der Waals surface area (Å²) in [6.45, 7) is 14.2. The van der Waals surface area contributed by atoms with Gasteiger partial charge in [0.1, 0.15) is 19.3 Å². The predicted molar refractivity (Wildman–Crippen MR) is 395 cm³/mol. The van der Waals surface area contributed by atoms with Gasteiger partial charge in [-0.25, -0.2) is 9.13 Å². The molecule has 0 rings (SSSR count). The molecule has 0 amide bonds. The zero-order valence-corrected chi connectivity index (χ0v) is 65.5. The van der Waals surface area contributed by atoms with E-state index in [-0.39, 0.29) is 25.7 Å². The van der Waals surface area contributed by atoms with Crippen molar-refractivity contribution in [3.05, 3.63) is 0 Å². The van der Waals surface area contributed by atoms with Gasteiger partial charge >= 0.3 is 39.5 Å². The Labute approximate surface area is 594 Å². The van der Waals surface area contributed by atoms with Gasteiger partial charge in [0.05, 0.1) is 26.4 Å². The second-order valence-corrected chi connectivity index (χ2v) is 32.4. The van der Waals surface area contributed by atoms with Crippen molar-refractivity contribution in [3.63, 3.8) is 0 Å². The van der Waals surface area contributed by atoms with E-state index in [4.69, 9.17) is 37.0 Å². The monoisotopic (exact) mass is 1420 g/mol. The van der Waals surface area contributed by atoms with Gasteiger partial charge in [0.25, 0.3) is 0 Å². The highest BCUT2D eigenvalue weighted by molar-refractivity contribution is 7.47. The Morgan fingerprint density at radius 2 is 0.495 bits per heavy atom. The first-order valence-electron chi connectivity index (χ1n) is 40.3. The van der Waals surface area contributed by atoms with Gasteiger partial charge in [-0.05, 0) is 49.4 Å². The minimum Gasteiger partial charge on any atom is -0.462 e. The second kappa shape index (κ2) is 67.2. The van der Waals surface area contributed by atoms with Crippen molar-refractivity contribution >= 4 is 39.5 Å².